The van der Waals surface area contributed by atoms with Gasteiger partial charge in [0.1, 0.15) is 17.2 Å². The van der Waals surface area contributed by atoms with Crippen molar-refractivity contribution >= 4 is 46.9 Å². The van der Waals surface area contributed by atoms with Crippen LogP contribution in [0.3, 0.4) is 0 Å². The van der Waals surface area contributed by atoms with Crippen molar-refractivity contribution in [1.29, 1.82) is 0 Å². The van der Waals surface area contributed by atoms with Crippen LogP contribution in [0.15, 0.2) is 150 Å². The smallest absolute Gasteiger partial charge is 0.272 e. The second-order valence-corrected chi connectivity index (χ2v) is 10.6. The van der Waals surface area contributed by atoms with E-state index >= 15 is 0 Å². The van der Waals surface area contributed by atoms with Crippen LogP contribution < -0.4 is 20.7 Å². The fourth-order valence-corrected chi connectivity index (χ4v) is 4.85. The van der Waals surface area contributed by atoms with Gasteiger partial charge in [-0.25, -0.2) is 0 Å². The van der Waals surface area contributed by atoms with Crippen LogP contribution in [0.4, 0.5) is 11.4 Å². The van der Waals surface area contributed by atoms with E-state index < -0.39 is 11.8 Å². The van der Waals surface area contributed by atoms with E-state index in [0.717, 1.165) is 16.2 Å². The van der Waals surface area contributed by atoms with E-state index in [4.69, 9.17) is 4.74 Å². The number of carbonyl (C=O) groups excluding carboxylic acids is 3. The normalized spacial score (nSPS) is 10.9. The van der Waals surface area contributed by atoms with Gasteiger partial charge in [-0.05, 0) is 78.4 Å². The third kappa shape index (κ3) is 8.95. The van der Waals surface area contributed by atoms with Crippen LogP contribution in [0.5, 0.6) is 11.5 Å². The van der Waals surface area contributed by atoms with Crippen LogP contribution in [0.25, 0.3) is 6.08 Å². The first-order chi connectivity index (χ1) is 21.5. The summed E-state index contributed by atoms with van der Waals surface area (Å²) < 4.78 is 5.79. The molecule has 7 nitrogen and oxygen atoms in total. The standard InChI is InChI=1S/C36H29N3O4S/c40-34(37-28-19-21-31(22-20-28)43-30-16-8-3-9-17-30)25-44-32-18-10-15-29(24-32)38-36(42)33(23-26-11-4-1-5-12-26)39-35(41)27-13-6-2-7-14-27/h1-24H,25H2,(H,37,40)(H,38,42)(H,39,41)/b33-23-. The number of hydrogen-bond acceptors (Lipinski definition) is 5. The minimum atomic E-state index is -0.474. The quantitative estimate of drug-likeness (QED) is 0.107. The lowest BCUT2D eigenvalue weighted by molar-refractivity contribution is -0.114. The molecule has 0 bridgehead atoms. The van der Waals surface area contributed by atoms with Gasteiger partial charge < -0.3 is 20.7 Å². The maximum Gasteiger partial charge on any atom is 0.272 e. The van der Waals surface area contributed by atoms with Crippen molar-refractivity contribution < 1.29 is 19.1 Å². The van der Waals surface area contributed by atoms with Crippen molar-refractivity contribution in [3.8, 4) is 11.5 Å². The highest BCUT2D eigenvalue weighted by molar-refractivity contribution is 8.00. The van der Waals surface area contributed by atoms with Gasteiger partial charge >= 0.3 is 0 Å². The molecule has 0 fully saturated rings. The van der Waals surface area contributed by atoms with E-state index in [1.165, 1.54) is 11.8 Å². The fraction of sp³-hybridized carbons (Fsp3) is 0.0278. The van der Waals surface area contributed by atoms with Gasteiger partial charge in [-0.2, -0.15) is 0 Å². The van der Waals surface area contributed by atoms with Crippen LogP contribution >= 0.6 is 11.8 Å². The molecular formula is C36H29N3O4S. The van der Waals surface area contributed by atoms with Crippen LogP contribution in [-0.2, 0) is 9.59 Å². The van der Waals surface area contributed by atoms with Gasteiger partial charge in [0.05, 0.1) is 5.75 Å². The van der Waals surface area contributed by atoms with E-state index in [1.54, 1.807) is 72.8 Å². The molecule has 0 aliphatic carbocycles. The summed E-state index contributed by atoms with van der Waals surface area (Å²) >= 11 is 1.34. The van der Waals surface area contributed by atoms with Crippen molar-refractivity contribution in [3.63, 3.8) is 0 Å². The van der Waals surface area contributed by atoms with E-state index in [2.05, 4.69) is 16.0 Å². The second kappa shape index (κ2) is 15.0. The number of amides is 3. The van der Waals surface area contributed by atoms with E-state index in [0.29, 0.717) is 22.7 Å². The Balaban J connectivity index is 1.18. The van der Waals surface area contributed by atoms with E-state index in [1.807, 2.05) is 72.8 Å². The molecule has 5 aromatic carbocycles. The first kappa shape index (κ1) is 29.9. The van der Waals surface area contributed by atoms with E-state index in [9.17, 15) is 14.4 Å². The minimum absolute atomic E-state index is 0.0997. The van der Waals surface area contributed by atoms with Gasteiger partial charge in [0.2, 0.25) is 5.91 Å². The van der Waals surface area contributed by atoms with Crippen LogP contribution in [0.1, 0.15) is 15.9 Å². The average Bonchev–Trinajstić information content (AvgIpc) is 3.06. The summed E-state index contributed by atoms with van der Waals surface area (Å²) in [7, 11) is 0. The van der Waals surface area contributed by atoms with Gasteiger partial charge in [0, 0.05) is 21.8 Å². The topological polar surface area (TPSA) is 96.5 Å². The molecule has 0 saturated heterocycles. The molecule has 218 valence electrons. The Labute approximate surface area is 260 Å². The third-order valence-corrected chi connectivity index (χ3v) is 7.21. The highest BCUT2D eigenvalue weighted by Gasteiger charge is 2.15. The lowest BCUT2D eigenvalue weighted by Crippen LogP contribution is -2.30. The van der Waals surface area contributed by atoms with E-state index in [-0.39, 0.29) is 17.4 Å². The number of ether oxygens (including phenoxy) is 1. The predicted molar refractivity (Wildman–Crippen MR) is 176 cm³/mol. The molecule has 5 aromatic rings. The summed E-state index contributed by atoms with van der Waals surface area (Å²) in [5, 5.41) is 8.49. The molecule has 0 spiro atoms. The molecule has 0 heterocycles. The van der Waals surface area contributed by atoms with Crippen molar-refractivity contribution in [2.45, 2.75) is 4.90 Å². The first-order valence-electron chi connectivity index (χ1n) is 13.8. The summed E-state index contributed by atoms with van der Waals surface area (Å²) in [6, 6.07) is 41.8. The van der Waals surface area contributed by atoms with Crippen LogP contribution in [0, 0.1) is 0 Å². The predicted octanol–water partition coefficient (Wildman–Crippen LogP) is 7.62. The number of anilines is 2. The molecule has 8 heteroatoms. The average molecular weight is 600 g/mol. The van der Waals surface area contributed by atoms with Crippen molar-refractivity contribution in [1.82, 2.24) is 5.32 Å². The number of benzene rings is 5. The Bertz CT molecular complexity index is 1740. The van der Waals surface area contributed by atoms with Crippen LogP contribution in [-0.4, -0.2) is 23.5 Å². The van der Waals surface area contributed by atoms with Crippen LogP contribution in [0.2, 0.25) is 0 Å². The fourth-order valence-electron chi connectivity index (χ4n) is 4.10. The molecule has 3 amide bonds. The van der Waals surface area contributed by atoms with Gasteiger partial charge in [0.25, 0.3) is 11.8 Å². The van der Waals surface area contributed by atoms with Gasteiger partial charge in [0.15, 0.2) is 0 Å². The summed E-state index contributed by atoms with van der Waals surface area (Å²) in [5.74, 6) is 0.543. The molecule has 0 aromatic heterocycles. The summed E-state index contributed by atoms with van der Waals surface area (Å²) in [4.78, 5) is 39.6. The zero-order chi connectivity index (χ0) is 30.6. The Morgan fingerprint density at radius 1 is 0.636 bits per heavy atom. The molecule has 0 aliphatic heterocycles. The minimum Gasteiger partial charge on any atom is -0.457 e. The van der Waals surface area contributed by atoms with Gasteiger partial charge in [-0.3, -0.25) is 14.4 Å². The number of nitrogens with one attached hydrogen (secondary N) is 3. The Kier molecular flexibility index (Phi) is 10.2. The number of rotatable bonds is 11. The molecule has 0 unspecified atom stereocenters. The van der Waals surface area contributed by atoms with Crippen molar-refractivity contribution in [3.05, 3.63) is 156 Å². The maximum absolute atomic E-state index is 13.3. The molecule has 5 rings (SSSR count). The summed E-state index contributed by atoms with van der Waals surface area (Å²) in [5.41, 5.74) is 2.49. The lowest BCUT2D eigenvalue weighted by atomic mass is 10.1. The molecule has 0 saturated carbocycles. The first-order valence-corrected chi connectivity index (χ1v) is 14.8. The van der Waals surface area contributed by atoms with Crippen molar-refractivity contribution in [2.75, 3.05) is 16.4 Å². The zero-order valence-corrected chi connectivity index (χ0v) is 24.4. The monoisotopic (exact) mass is 599 g/mol. The maximum atomic E-state index is 13.3. The molecule has 0 atom stereocenters. The van der Waals surface area contributed by atoms with Gasteiger partial charge in [-0.1, -0.05) is 72.8 Å². The highest BCUT2D eigenvalue weighted by Crippen LogP contribution is 2.24. The molecule has 0 radical (unpaired) electrons. The van der Waals surface area contributed by atoms with Gasteiger partial charge in [-0.15, -0.1) is 11.8 Å². The SMILES string of the molecule is O=C(CSc1cccc(NC(=O)/C(=C/c2ccccc2)NC(=O)c2ccccc2)c1)Nc1ccc(Oc2ccccc2)cc1. The lowest BCUT2D eigenvalue weighted by Gasteiger charge is -2.12. The number of carbonyl (C=O) groups is 3. The molecule has 3 N–H and O–H groups in total. The Morgan fingerprint density at radius 3 is 1.98 bits per heavy atom. The largest absolute Gasteiger partial charge is 0.457 e. The molecular weight excluding hydrogens is 570 g/mol. The highest BCUT2D eigenvalue weighted by atomic mass is 32.2. The van der Waals surface area contributed by atoms with Crippen molar-refractivity contribution in [2.24, 2.45) is 0 Å². The number of para-hydroxylation sites is 1. The third-order valence-electron chi connectivity index (χ3n) is 6.22. The second-order valence-electron chi connectivity index (χ2n) is 9.55. The molecule has 0 aliphatic rings. The number of hydrogen-bond donors (Lipinski definition) is 3. The summed E-state index contributed by atoms with van der Waals surface area (Å²) in [6.07, 6.45) is 1.62. The zero-order valence-electron chi connectivity index (χ0n) is 23.6. The summed E-state index contributed by atoms with van der Waals surface area (Å²) in [6.45, 7) is 0. The Hall–Kier alpha value is -5.60. The number of thioether (sulfide) groups is 1. The Morgan fingerprint density at radius 2 is 1.27 bits per heavy atom. The molecule has 44 heavy (non-hydrogen) atoms.